The fourth-order valence-electron chi connectivity index (χ4n) is 1.61. The molecule has 5 N–H and O–H groups in total. The third kappa shape index (κ3) is 2.47. The van der Waals surface area contributed by atoms with Crippen molar-refractivity contribution >= 4 is 28.1 Å². The highest BCUT2D eigenvalue weighted by molar-refractivity contribution is 6.45. The van der Waals surface area contributed by atoms with E-state index < -0.39 is 0 Å². The summed E-state index contributed by atoms with van der Waals surface area (Å²) in [6, 6.07) is 7.24. The average Bonchev–Trinajstić information content (AvgIpc) is 2.86. The van der Waals surface area contributed by atoms with Crippen molar-refractivity contribution < 1.29 is 4.74 Å². The van der Waals surface area contributed by atoms with Gasteiger partial charge in [-0.05, 0) is 12.1 Å². The lowest BCUT2D eigenvalue weighted by molar-refractivity contribution is 0.415. The zero-order chi connectivity index (χ0) is 13.8. The molecule has 1 heterocycles. The first-order chi connectivity index (χ1) is 9.15. The van der Waals surface area contributed by atoms with Crippen LogP contribution in [0, 0.1) is 16.7 Å². The predicted octanol–water partition coefficient (Wildman–Crippen LogP) is 1.40. The van der Waals surface area contributed by atoms with Crippen LogP contribution in [0.25, 0.3) is 10.9 Å². The van der Waals surface area contributed by atoms with Gasteiger partial charge in [0.25, 0.3) is 0 Å². The summed E-state index contributed by atoms with van der Waals surface area (Å²) in [5.74, 6) is 0.270. The number of amidine groups is 1. The standard InChI is InChI=1S/C12H12N6O/c1-19-8-4-7-2-3-16-11(7)9(5-8)17-18-10(6-13)12(14)15/h2-5,16-17H,1H3,(H3,14,15)/b18-10+. The quantitative estimate of drug-likeness (QED) is 0.375. The summed E-state index contributed by atoms with van der Waals surface area (Å²) in [5, 5.41) is 20.7. The van der Waals surface area contributed by atoms with Gasteiger partial charge in [0, 0.05) is 17.6 Å². The molecule has 0 fully saturated rings. The van der Waals surface area contributed by atoms with Crippen molar-refractivity contribution in [2.45, 2.75) is 0 Å². The molecule has 0 atom stereocenters. The van der Waals surface area contributed by atoms with E-state index in [9.17, 15) is 0 Å². The minimum Gasteiger partial charge on any atom is -0.497 e. The van der Waals surface area contributed by atoms with E-state index in [1.807, 2.05) is 12.1 Å². The van der Waals surface area contributed by atoms with Crippen LogP contribution >= 0.6 is 0 Å². The third-order valence-corrected chi connectivity index (χ3v) is 2.52. The third-order valence-electron chi connectivity index (χ3n) is 2.52. The van der Waals surface area contributed by atoms with Gasteiger partial charge in [-0.15, -0.1) is 0 Å². The van der Waals surface area contributed by atoms with Crippen LogP contribution in [-0.2, 0) is 0 Å². The molecule has 0 saturated carbocycles. The molecule has 96 valence electrons. The average molecular weight is 256 g/mol. The van der Waals surface area contributed by atoms with E-state index >= 15 is 0 Å². The second-order valence-corrected chi connectivity index (χ2v) is 3.71. The molecule has 2 aromatic rings. The molecule has 0 spiro atoms. The van der Waals surface area contributed by atoms with Gasteiger partial charge >= 0.3 is 0 Å². The number of nitriles is 1. The van der Waals surface area contributed by atoms with Gasteiger partial charge < -0.3 is 15.5 Å². The highest BCUT2D eigenvalue weighted by Gasteiger charge is 2.06. The number of H-pyrrole nitrogens is 1. The Labute approximate surface area is 109 Å². The number of ether oxygens (including phenoxy) is 1. The smallest absolute Gasteiger partial charge is 0.201 e. The number of nitrogens with two attached hydrogens (primary N) is 1. The van der Waals surface area contributed by atoms with Crippen LogP contribution in [0.15, 0.2) is 29.5 Å². The van der Waals surface area contributed by atoms with Gasteiger partial charge in [-0.3, -0.25) is 10.8 Å². The summed E-state index contributed by atoms with van der Waals surface area (Å²) < 4.78 is 5.18. The molecule has 0 amide bonds. The normalized spacial score (nSPS) is 11.1. The Morgan fingerprint density at radius 2 is 2.37 bits per heavy atom. The van der Waals surface area contributed by atoms with Crippen molar-refractivity contribution in [3.63, 3.8) is 0 Å². The van der Waals surface area contributed by atoms with Gasteiger partial charge in [0.1, 0.15) is 11.8 Å². The van der Waals surface area contributed by atoms with Crippen molar-refractivity contribution in [1.29, 1.82) is 10.7 Å². The Morgan fingerprint density at radius 3 is 3.00 bits per heavy atom. The van der Waals surface area contributed by atoms with E-state index in [0.29, 0.717) is 11.4 Å². The van der Waals surface area contributed by atoms with Crippen molar-refractivity contribution in [2.24, 2.45) is 10.8 Å². The van der Waals surface area contributed by atoms with Crippen LogP contribution in [0.2, 0.25) is 0 Å². The first kappa shape index (κ1) is 12.4. The van der Waals surface area contributed by atoms with Crippen LogP contribution in [0.4, 0.5) is 5.69 Å². The molecule has 7 heteroatoms. The molecule has 1 aromatic heterocycles. The molecule has 0 radical (unpaired) electrons. The Balaban J connectivity index is 2.42. The molecule has 0 aliphatic heterocycles. The molecule has 0 aliphatic carbocycles. The van der Waals surface area contributed by atoms with Crippen molar-refractivity contribution in [1.82, 2.24) is 4.98 Å². The number of hydrogen-bond acceptors (Lipinski definition) is 5. The first-order valence-electron chi connectivity index (χ1n) is 5.39. The highest BCUT2D eigenvalue weighted by atomic mass is 16.5. The SMILES string of the molecule is COc1cc(N/N=C(\C#N)C(=N)N)c2[nH]ccc2c1. The van der Waals surface area contributed by atoms with Gasteiger partial charge in [0.15, 0.2) is 5.84 Å². The highest BCUT2D eigenvalue weighted by Crippen LogP contribution is 2.28. The van der Waals surface area contributed by atoms with E-state index in [2.05, 4.69) is 15.5 Å². The second-order valence-electron chi connectivity index (χ2n) is 3.71. The Kier molecular flexibility index (Phi) is 3.34. The zero-order valence-corrected chi connectivity index (χ0v) is 10.2. The lowest BCUT2D eigenvalue weighted by atomic mass is 10.2. The summed E-state index contributed by atoms with van der Waals surface area (Å²) in [5.41, 5.74) is 9.21. The number of nitrogens with zero attached hydrogens (tertiary/aromatic N) is 2. The van der Waals surface area contributed by atoms with Crippen molar-refractivity contribution in [3.05, 3.63) is 24.4 Å². The Bertz CT molecular complexity index is 694. The van der Waals surface area contributed by atoms with Crippen LogP contribution in [0.1, 0.15) is 0 Å². The van der Waals surface area contributed by atoms with Gasteiger partial charge in [-0.25, -0.2) is 0 Å². The minimum absolute atomic E-state index is 0.178. The number of aromatic amines is 1. The molecule has 0 saturated heterocycles. The molecule has 2 rings (SSSR count). The second kappa shape index (κ2) is 5.10. The number of fused-ring (bicyclic) bond motifs is 1. The summed E-state index contributed by atoms with van der Waals surface area (Å²) >= 11 is 0. The van der Waals surface area contributed by atoms with Crippen LogP contribution in [0.5, 0.6) is 5.75 Å². The lowest BCUT2D eigenvalue weighted by Gasteiger charge is -2.06. The zero-order valence-electron chi connectivity index (χ0n) is 10.2. The van der Waals surface area contributed by atoms with E-state index in [4.69, 9.17) is 21.1 Å². The van der Waals surface area contributed by atoms with Crippen LogP contribution in [-0.4, -0.2) is 23.6 Å². The maximum atomic E-state index is 8.77. The number of hydrogen-bond donors (Lipinski definition) is 4. The largest absolute Gasteiger partial charge is 0.497 e. The van der Waals surface area contributed by atoms with Crippen LogP contribution < -0.4 is 15.9 Å². The van der Waals surface area contributed by atoms with E-state index in [1.165, 1.54) is 0 Å². The minimum atomic E-state index is -0.388. The fourth-order valence-corrected chi connectivity index (χ4v) is 1.61. The summed E-state index contributed by atoms with van der Waals surface area (Å²) in [7, 11) is 1.57. The number of benzene rings is 1. The molecular formula is C12H12N6O. The molecule has 1 aromatic carbocycles. The van der Waals surface area contributed by atoms with E-state index in [1.54, 1.807) is 25.4 Å². The maximum absolute atomic E-state index is 8.77. The molecule has 19 heavy (non-hydrogen) atoms. The monoisotopic (exact) mass is 256 g/mol. The number of hydrazone groups is 1. The Morgan fingerprint density at radius 1 is 1.58 bits per heavy atom. The van der Waals surface area contributed by atoms with Gasteiger partial charge in [-0.1, -0.05) is 0 Å². The lowest BCUT2D eigenvalue weighted by Crippen LogP contribution is -2.21. The summed E-state index contributed by atoms with van der Waals surface area (Å²) in [6.07, 6.45) is 1.79. The van der Waals surface area contributed by atoms with Crippen molar-refractivity contribution in [2.75, 3.05) is 12.5 Å². The van der Waals surface area contributed by atoms with E-state index in [-0.39, 0.29) is 11.5 Å². The molecular weight excluding hydrogens is 244 g/mol. The van der Waals surface area contributed by atoms with E-state index in [0.717, 1.165) is 10.9 Å². The maximum Gasteiger partial charge on any atom is 0.201 e. The molecule has 0 bridgehead atoms. The first-order valence-corrected chi connectivity index (χ1v) is 5.39. The number of nitrogens with one attached hydrogen (secondary N) is 3. The topological polar surface area (TPSA) is 123 Å². The number of rotatable bonds is 4. The Hall–Kier alpha value is -3.01. The van der Waals surface area contributed by atoms with Crippen LogP contribution in [0.3, 0.4) is 0 Å². The molecule has 0 aliphatic rings. The molecule has 0 unspecified atom stereocenters. The van der Waals surface area contributed by atoms with Gasteiger partial charge in [0.2, 0.25) is 5.71 Å². The predicted molar refractivity (Wildman–Crippen MR) is 73.4 cm³/mol. The summed E-state index contributed by atoms with van der Waals surface area (Å²) in [6.45, 7) is 0. The number of methoxy groups -OCH3 is 1. The summed E-state index contributed by atoms with van der Waals surface area (Å²) in [4.78, 5) is 3.06. The van der Waals surface area contributed by atoms with Gasteiger partial charge in [-0.2, -0.15) is 10.4 Å². The fraction of sp³-hybridized carbons (Fsp3) is 0.0833. The van der Waals surface area contributed by atoms with Gasteiger partial charge in [0.05, 0.1) is 18.3 Å². The number of anilines is 1. The number of aromatic nitrogens is 1. The van der Waals surface area contributed by atoms with Crippen molar-refractivity contribution in [3.8, 4) is 11.8 Å². The molecule has 7 nitrogen and oxygen atoms in total.